The van der Waals surface area contributed by atoms with Crippen LogP contribution in [0.5, 0.6) is 5.75 Å². The van der Waals surface area contributed by atoms with Gasteiger partial charge in [-0.1, -0.05) is 34.1 Å². The Morgan fingerprint density at radius 2 is 1.96 bits per heavy atom. The molecule has 0 N–H and O–H groups in total. The van der Waals surface area contributed by atoms with Gasteiger partial charge in [0.1, 0.15) is 17.2 Å². The van der Waals surface area contributed by atoms with Crippen LogP contribution in [0.15, 0.2) is 53.0 Å². The number of thiocarbonyl (C=S) groups is 1. The van der Waals surface area contributed by atoms with Crippen LogP contribution in [0.1, 0.15) is 17.9 Å². The highest BCUT2D eigenvalue weighted by molar-refractivity contribution is 9.10. The minimum Gasteiger partial charge on any atom is -0.493 e. The molecule has 2 unspecified atom stereocenters. The fourth-order valence-corrected chi connectivity index (χ4v) is 5.54. The smallest absolute Gasteiger partial charge is 0.257 e. The molecule has 2 fully saturated rings. The van der Waals surface area contributed by atoms with Gasteiger partial charge in [-0.15, -0.1) is 11.8 Å². The highest BCUT2D eigenvalue weighted by Crippen LogP contribution is 2.48. The maximum absolute atomic E-state index is 13.0. The quantitative estimate of drug-likeness (QED) is 0.638. The molecule has 2 aliphatic heterocycles. The molecule has 2 aliphatic rings. The summed E-state index contributed by atoms with van der Waals surface area (Å²) in [6.07, 6.45) is 0. The van der Waals surface area contributed by atoms with Gasteiger partial charge in [0.25, 0.3) is 5.91 Å². The van der Waals surface area contributed by atoms with Crippen LogP contribution in [0.3, 0.4) is 0 Å². The van der Waals surface area contributed by atoms with Gasteiger partial charge in [-0.05, 0) is 49.5 Å². The molecule has 2 saturated heterocycles. The minimum atomic E-state index is -0.226. The molecule has 2 aromatic carbocycles. The van der Waals surface area contributed by atoms with Gasteiger partial charge in [-0.25, -0.2) is 0 Å². The Morgan fingerprint density at radius 3 is 2.69 bits per heavy atom. The molecular weight excluding hydrogens is 432 g/mol. The normalized spacial score (nSPS) is 22.1. The lowest BCUT2D eigenvalue weighted by Crippen LogP contribution is -2.33. The van der Waals surface area contributed by atoms with Gasteiger partial charge < -0.3 is 9.64 Å². The summed E-state index contributed by atoms with van der Waals surface area (Å²) in [4.78, 5) is 16.7. The van der Waals surface area contributed by atoms with Gasteiger partial charge in [0.2, 0.25) is 0 Å². The zero-order chi connectivity index (χ0) is 18.3. The molecule has 0 aromatic heterocycles. The number of carbonyl (C=O) groups is 1. The number of para-hydroxylation sites is 1. The van der Waals surface area contributed by atoms with E-state index >= 15 is 0 Å². The lowest BCUT2D eigenvalue weighted by Gasteiger charge is -2.26. The average molecular weight is 449 g/mol. The molecule has 7 heteroatoms. The van der Waals surface area contributed by atoms with Gasteiger partial charge in [-0.2, -0.15) is 0 Å². The molecule has 26 heavy (non-hydrogen) atoms. The number of benzene rings is 2. The Hall–Kier alpha value is -1.57. The molecule has 2 heterocycles. The fraction of sp³-hybridized carbons (Fsp3) is 0.263. The second-order valence-electron chi connectivity index (χ2n) is 6.01. The number of thioether (sulfide) groups is 1. The predicted molar refractivity (Wildman–Crippen MR) is 113 cm³/mol. The van der Waals surface area contributed by atoms with Gasteiger partial charge in [-0.3, -0.25) is 9.69 Å². The second-order valence-corrected chi connectivity index (χ2v) is 8.41. The van der Waals surface area contributed by atoms with E-state index in [-0.39, 0.29) is 17.3 Å². The number of hydrogen-bond donors (Lipinski definition) is 0. The number of rotatable bonds is 4. The van der Waals surface area contributed by atoms with Gasteiger partial charge >= 0.3 is 0 Å². The van der Waals surface area contributed by atoms with Crippen molar-refractivity contribution in [2.45, 2.75) is 18.3 Å². The first-order valence-electron chi connectivity index (χ1n) is 8.37. The van der Waals surface area contributed by atoms with Crippen LogP contribution in [0.2, 0.25) is 0 Å². The van der Waals surface area contributed by atoms with Crippen molar-refractivity contribution in [1.29, 1.82) is 0 Å². The zero-order valence-electron chi connectivity index (χ0n) is 14.1. The Kier molecular flexibility index (Phi) is 4.94. The number of hydrogen-bond acceptors (Lipinski definition) is 4. The number of amides is 1. The lowest BCUT2D eigenvalue weighted by molar-refractivity contribution is -0.119. The predicted octanol–water partition coefficient (Wildman–Crippen LogP) is 4.60. The Morgan fingerprint density at radius 1 is 1.23 bits per heavy atom. The number of nitrogens with zero attached hydrogens (tertiary/aromatic N) is 2. The van der Waals surface area contributed by atoms with E-state index < -0.39 is 0 Å². The standard InChI is InChI=1S/C19H17BrN2O2S2/c1-2-24-16-6-4-3-5-14(16)18-22-15(11-26-18)17(23)21(19(22)25)13-9-7-12(20)8-10-13/h3-10,15,18H,2,11H2,1H3. The molecule has 1 amide bonds. The summed E-state index contributed by atoms with van der Waals surface area (Å²) < 4.78 is 6.77. The highest BCUT2D eigenvalue weighted by Gasteiger charge is 2.51. The molecular formula is C19H17BrN2O2S2. The SMILES string of the molecule is CCOc1ccccc1C1SCC2C(=O)N(c3ccc(Br)cc3)C(=S)N21. The molecule has 0 saturated carbocycles. The third-order valence-corrected chi connectivity index (χ3v) is 6.71. The van der Waals surface area contributed by atoms with E-state index in [0.717, 1.165) is 27.2 Å². The summed E-state index contributed by atoms with van der Waals surface area (Å²) in [7, 11) is 0. The molecule has 2 atom stereocenters. The summed E-state index contributed by atoms with van der Waals surface area (Å²) in [5.41, 5.74) is 1.87. The third-order valence-electron chi connectivity index (χ3n) is 4.49. The number of anilines is 1. The first-order valence-corrected chi connectivity index (χ1v) is 10.6. The van der Waals surface area contributed by atoms with Crippen molar-refractivity contribution >= 4 is 56.6 Å². The van der Waals surface area contributed by atoms with E-state index in [1.165, 1.54) is 0 Å². The number of fused-ring (bicyclic) bond motifs is 1. The fourth-order valence-electron chi connectivity index (χ4n) is 3.33. The number of carbonyl (C=O) groups excluding carboxylic acids is 1. The second kappa shape index (κ2) is 7.21. The van der Waals surface area contributed by atoms with E-state index in [0.29, 0.717) is 11.7 Å². The van der Waals surface area contributed by atoms with Crippen molar-refractivity contribution in [3.63, 3.8) is 0 Å². The van der Waals surface area contributed by atoms with E-state index in [4.69, 9.17) is 17.0 Å². The Balaban J connectivity index is 1.68. The van der Waals surface area contributed by atoms with Crippen molar-refractivity contribution < 1.29 is 9.53 Å². The first-order chi connectivity index (χ1) is 12.6. The molecule has 0 radical (unpaired) electrons. The Labute approximate surface area is 170 Å². The average Bonchev–Trinajstić information content (AvgIpc) is 3.18. The van der Waals surface area contributed by atoms with Crippen molar-refractivity contribution in [2.24, 2.45) is 0 Å². The van der Waals surface area contributed by atoms with Gasteiger partial charge in [0.15, 0.2) is 5.11 Å². The topological polar surface area (TPSA) is 32.8 Å². The van der Waals surface area contributed by atoms with Crippen LogP contribution < -0.4 is 9.64 Å². The van der Waals surface area contributed by atoms with Crippen molar-refractivity contribution in [3.05, 3.63) is 58.6 Å². The molecule has 0 bridgehead atoms. The maximum atomic E-state index is 13.0. The summed E-state index contributed by atoms with van der Waals surface area (Å²) >= 11 is 10.9. The van der Waals surface area contributed by atoms with Crippen LogP contribution in [-0.4, -0.2) is 34.3 Å². The summed E-state index contributed by atoms with van der Waals surface area (Å²) in [5, 5.41) is 0.545. The lowest BCUT2D eigenvalue weighted by atomic mass is 10.1. The maximum Gasteiger partial charge on any atom is 0.257 e. The number of ether oxygens (including phenoxy) is 1. The monoisotopic (exact) mass is 448 g/mol. The van der Waals surface area contributed by atoms with Gasteiger partial charge in [0, 0.05) is 15.8 Å². The van der Waals surface area contributed by atoms with Crippen LogP contribution >= 0.6 is 39.9 Å². The molecule has 0 spiro atoms. The van der Waals surface area contributed by atoms with E-state index in [1.807, 2.05) is 49.4 Å². The molecule has 0 aliphatic carbocycles. The summed E-state index contributed by atoms with van der Waals surface area (Å²) in [6, 6.07) is 15.4. The molecule has 4 rings (SSSR count). The molecule has 2 aromatic rings. The van der Waals surface area contributed by atoms with Crippen molar-refractivity contribution in [1.82, 2.24) is 4.90 Å². The zero-order valence-corrected chi connectivity index (χ0v) is 17.3. The number of halogens is 1. The highest BCUT2D eigenvalue weighted by atomic mass is 79.9. The van der Waals surface area contributed by atoms with Crippen LogP contribution in [-0.2, 0) is 4.79 Å². The van der Waals surface area contributed by atoms with Crippen molar-refractivity contribution in [3.8, 4) is 5.75 Å². The van der Waals surface area contributed by atoms with Gasteiger partial charge in [0.05, 0.1) is 12.3 Å². The largest absolute Gasteiger partial charge is 0.493 e. The van der Waals surface area contributed by atoms with Crippen molar-refractivity contribution in [2.75, 3.05) is 17.3 Å². The Bertz CT molecular complexity index is 859. The minimum absolute atomic E-state index is 0.0142. The first kappa shape index (κ1) is 17.8. The molecule has 134 valence electrons. The van der Waals surface area contributed by atoms with E-state index in [9.17, 15) is 4.79 Å². The van der Waals surface area contributed by atoms with Crippen LogP contribution in [0.25, 0.3) is 0 Å². The van der Waals surface area contributed by atoms with Crippen LogP contribution in [0.4, 0.5) is 5.69 Å². The van der Waals surface area contributed by atoms with E-state index in [1.54, 1.807) is 16.7 Å². The third kappa shape index (κ3) is 2.92. The van der Waals surface area contributed by atoms with Crippen LogP contribution in [0, 0.1) is 0 Å². The summed E-state index contributed by atoms with van der Waals surface area (Å²) in [5.74, 6) is 1.61. The van der Waals surface area contributed by atoms with E-state index in [2.05, 4.69) is 26.9 Å². The summed E-state index contributed by atoms with van der Waals surface area (Å²) in [6.45, 7) is 2.58. The molecule has 4 nitrogen and oxygen atoms in total.